The first-order valence-corrected chi connectivity index (χ1v) is 11.3. The second kappa shape index (κ2) is 10.4. The van der Waals surface area contributed by atoms with E-state index in [4.69, 9.17) is 16.3 Å². The number of amides is 5. The number of nitrogens with one attached hydrogen (secondary N) is 3. The molecule has 11 nitrogen and oxygen atoms in total. The molecule has 0 aromatic heterocycles. The zero-order valence-electron chi connectivity index (χ0n) is 19.0. The van der Waals surface area contributed by atoms with Crippen LogP contribution in [-0.2, 0) is 14.3 Å². The van der Waals surface area contributed by atoms with Crippen LogP contribution >= 0.6 is 11.6 Å². The van der Waals surface area contributed by atoms with Gasteiger partial charge in [0.25, 0.3) is 0 Å². The Labute approximate surface area is 210 Å². The number of rotatable bonds is 6. The third-order valence-electron chi connectivity index (χ3n) is 6.01. The largest absolute Gasteiger partial charge is 0.480 e. The molecule has 2 aromatic carbocycles. The first-order valence-electron chi connectivity index (χ1n) is 10.9. The molecule has 2 aliphatic heterocycles. The number of nitrogens with zero attached hydrogens (tertiary/aromatic N) is 2. The van der Waals surface area contributed by atoms with Gasteiger partial charge in [-0.05, 0) is 42.5 Å². The molecule has 5 amide bonds. The van der Waals surface area contributed by atoms with E-state index in [1.807, 2.05) is 0 Å². The Morgan fingerprint density at radius 3 is 2.50 bits per heavy atom. The van der Waals surface area contributed by atoms with Gasteiger partial charge >= 0.3 is 18.0 Å². The monoisotopic (exact) mass is 519 g/mol. The second-order valence-corrected chi connectivity index (χ2v) is 8.70. The van der Waals surface area contributed by atoms with Crippen molar-refractivity contribution in [1.29, 1.82) is 0 Å². The maximum Gasteiger partial charge on any atom is 0.328 e. The van der Waals surface area contributed by atoms with E-state index in [-0.39, 0.29) is 30.9 Å². The van der Waals surface area contributed by atoms with Gasteiger partial charge in [-0.15, -0.1) is 0 Å². The zero-order chi connectivity index (χ0) is 26.0. The topological polar surface area (TPSA) is 140 Å². The number of benzene rings is 2. The van der Waals surface area contributed by atoms with E-state index in [1.165, 1.54) is 24.1 Å². The lowest BCUT2D eigenvalue weighted by molar-refractivity contribution is -0.138. The molecule has 0 saturated carbocycles. The van der Waals surface area contributed by atoms with Crippen LogP contribution in [0.4, 0.5) is 31.0 Å². The van der Waals surface area contributed by atoms with Gasteiger partial charge in [0.15, 0.2) is 6.04 Å². The third-order valence-corrected chi connectivity index (χ3v) is 6.26. The lowest BCUT2D eigenvalue weighted by Gasteiger charge is -2.24. The molecule has 36 heavy (non-hydrogen) atoms. The molecule has 2 heterocycles. The van der Waals surface area contributed by atoms with Crippen LogP contribution in [0.5, 0.6) is 0 Å². The molecule has 4 N–H and O–H groups in total. The summed E-state index contributed by atoms with van der Waals surface area (Å²) in [5.41, 5.74) is 0.322. The molecule has 2 fully saturated rings. The number of hydrogen-bond donors (Lipinski definition) is 4. The van der Waals surface area contributed by atoms with Crippen LogP contribution in [0.25, 0.3) is 0 Å². The lowest BCUT2D eigenvalue weighted by Crippen LogP contribution is -2.45. The summed E-state index contributed by atoms with van der Waals surface area (Å²) in [5.74, 6) is -2.74. The average Bonchev–Trinajstić information content (AvgIpc) is 3.46. The van der Waals surface area contributed by atoms with E-state index < -0.39 is 47.9 Å². The second-order valence-electron chi connectivity index (χ2n) is 8.26. The van der Waals surface area contributed by atoms with E-state index >= 15 is 0 Å². The van der Waals surface area contributed by atoms with Crippen LogP contribution in [0.1, 0.15) is 6.42 Å². The summed E-state index contributed by atoms with van der Waals surface area (Å²) in [7, 11) is 1.47. The minimum absolute atomic E-state index is 0.0252. The summed E-state index contributed by atoms with van der Waals surface area (Å²) in [6.07, 6.45) is -0.199. The van der Waals surface area contributed by atoms with E-state index in [0.717, 1.165) is 11.0 Å². The fourth-order valence-electron chi connectivity index (χ4n) is 4.14. The van der Waals surface area contributed by atoms with E-state index in [2.05, 4.69) is 16.0 Å². The summed E-state index contributed by atoms with van der Waals surface area (Å²) in [4.78, 5) is 51.6. The molecule has 0 aliphatic carbocycles. The molecule has 2 saturated heterocycles. The van der Waals surface area contributed by atoms with Gasteiger partial charge in [-0.25, -0.2) is 18.8 Å². The van der Waals surface area contributed by atoms with E-state index in [0.29, 0.717) is 10.7 Å². The van der Waals surface area contributed by atoms with Gasteiger partial charge in [0.05, 0.1) is 18.3 Å². The van der Waals surface area contributed by atoms with E-state index in [9.17, 15) is 28.7 Å². The standard InChI is InChI=1S/C23H23ClFN5O6/c1-36-15-9-18(29(11-15)23(35)27-13-4-2-12(24)3-5-13)20(31)28-17-7-6-14(8-16(17)25)30-19(21(32)33)10-26-22(30)34/h2-8,15,18-19H,9-11H2,1H3,(H,26,34)(H,27,35)(H,28,31)(H,32,33). The van der Waals surface area contributed by atoms with Gasteiger partial charge in [-0.1, -0.05) is 11.6 Å². The number of methoxy groups -OCH3 is 1. The Morgan fingerprint density at radius 2 is 1.86 bits per heavy atom. The summed E-state index contributed by atoms with van der Waals surface area (Å²) in [6, 6.07) is 6.65. The van der Waals surface area contributed by atoms with Gasteiger partial charge in [0, 0.05) is 36.5 Å². The fraction of sp³-hybridized carbons (Fsp3) is 0.304. The van der Waals surface area contributed by atoms with Gasteiger partial charge < -0.3 is 30.7 Å². The highest BCUT2D eigenvalue weighted by atomic mass is 35.5. The van der Waals surface area contributed by atoms with Gasteiger partial charge in [0.2, 0.25) is 5.91 Å². The van der Waals surface area contributed by atoms with Crippen molar-refractivity contribution in [3.63, 3.8) is 0 Å². The molecular formula is C23H23ClFN5O6. The number of carbonyl (C=O) groups excluding carboxylic acids is 3. The van der Waals surface area contributed by atoms with Crippen molar-refractivity contribution in [3.05, 3.63) is 53.3 Å². The van der Waals surface area contributed by atoms with Crippen molar-refractivity contribution in [2.75, 3.05) is 35.7 Å². The maximum atomic E-state index is 14.9. The van der Waals surface area contributed by atoms with Crippen molar-refractivity contribution in [3.8, 4) is 0 Å². The normalized spacial score (nSPS) is 21.3. The Bertz CT molecular complexity index is 1200. The molecule has 190 valence electrons. The number of anilines is 3. The highest BCUT2D eigenvalue weighted by Crippen LogP contribution is 2.28. The van der Waals surface area contributed by atoms with Crippen LogP contribution < -0.4 is 20.9 Å². The molecule has 0 bridgehead atoms. The molecule has 0 spiro atoms. The van der Waals surface area contributed by atoms with Gasteiger partial charge in [0.1, 0.15) is 11.9 Å². The molecule has 4 rings (SSSR count). The summed E-state index contributed by atoms with van der Waals surface area (Å²) in [6.45, 7) is 0.0284. The fourth-order valence-corrected chi connectivity index (χ4v) is 4.26. The van der Waals surface area contributed by atoms with Crippen LogP contribution in [0.2, 0.25) is 5.02 Å². The molecular weight excluding hydrogens is 497 g/mol. The molecule has 2 aliphatic rings. The van der Waals surface area contributed by atoms with Gasteiger partial charge in [-0.2, -0.15) is 0 Å². The lowest BCUT2D eigenvalue weighted by atomic mass is 10.1. The minimum atomic E-state index is -1.24. The third kappa shape index (κ3) is 5.19. The Balaban J connectivity index is 1.48. The highest BCUT2D eigenvalue weighted by Gasteiger charge is 2.41. The van der Waals surface area contributed by atoms with E-state index in [1.54, 1.807) is 24.3 Å². The SMILES string of the molecule is COC1CC(C(=O)Nc2ccc(N3C(=O)NCC3C(=O)O)cc2F)N(C(=O)Nc2ccc(Cl)cc2)C1. The van der Waals surface area contributed by atoms with Crippen LogP contribution in [0.15, 0.2) is 42.5 Å². The van der Waals surface area contributed by atoms with Crippen molar-refractivity contribution in [2.24, 2.45) is 0 Å². The molecule has 2 aromatic rings. The summed E-state index contributed by atoms with van der Waals surface area (Å²) >= 11 is 5.87. The summed E-state index contributed by atoms with van der Waals surface area (Å²) in [5, 5.41) is 17.4. The minimum Gasteiger partial charge on any atom is -0.480 e. The quantitative estimate of drug-likeness (QED) is 0.462. The maximum absolute atomic E-state index is 14.9. The Morgan fingerprint density at radius 1 is 1.14 bits per heavy atom. The molecule has 0 radical (unpaired) electrons. The number of halogens is 2. The van der Waals surface area contributed by atoms with Gasteiger partial charge in [-0.3, -0.25) is 9.69 Å². The average molecular weight is 520 g/mol. The predicted octanol–water partition coefficient (Wildman–Crippen LogP) is 2.72. The smallest absolute Gasteiger partial charge is 0.328 e. The first kappa shape index (κ1) is 25.2. The zero-order valence-corrected chi connectivity index (χ0v) is 19.8. The number of carbonyl (C=O) groups is 4. The number of hydrogen-bond acceptors (Lipinski definition) is 5. The Hall–Kier alpha value is -3.90. The number of carboxylic acid groups (broad SMARTS) is 1. The van der Waals surface area contributed by atoms with Crippen LogP contribution in [-0.4, -0.2) is 72.3 Å². The first-order chi connectivity index (χ1) is 17.2. The number of carboxylic acids is 1. The van der Waals surface area contributed by atoms with Crippen molar-refractivity contribution in [2.45, 2.75) is 24.6 Å². The number of ether oxygens (including phenoxy) is 1. The van der Waals surface area contributed by atoms with Crippen LogP contribution in [0, 0.1) is 5.82 Å². The highest BCUT2D eigenvalue weighted by molar-refractivity contribution is 6.30. The van der Waals surface area contributed by atoms with Crippen molar-refractivity contribution >= 4 is 52.6 Å². The predicted molar refractivity (Wildman–Crippen MR) is 129 cm³/mol. The van der Waals surface area contributed by atoms with Crippen molar-refractivity contribution in [1.82, 2.24) is 10.2 Å². The molecule has 13 heteroatoms. The Kier molecular flexibility index (Phi) is 7.27. The molecule has 3 unspecified atom stereocenters. The molecule has 3 atom stereocenters. The number of likely N-dealkylation sites (tertiary alicyclic amines) is 1. The summed E-state index contributed by atoms with van der Waals surface area (Å²) < 4.78 is 20.2. The number of aliphatic carboxylic acids is 1. The van der Waals surface area contributed by atoms with Crippen LogP contribution in [0.3, 0.4) is 0 Å². The van der Waals surface area contributed by atoms with Crippen molar-refractivity contribution < 1.29 is 33.4 Å². The number of urea groups is 2.